The molecule has 2 aromatic carbocycles. The summed E-state index contributed by atoms with van der Waals surface area (Å²) in [5, 5.41) is 2.64. The maximum Gasteiger partial charge on any atom is 0.345 e. The van der Waals surface area contributed by atoms with Crippen molar-refractivity contribution in [2.24, 2.45) is 5.92 Å². The van der Waals surface area contributed by atoms with Gasteiger partial charge in [-0.05, 0) is 37.1 Å². The van der Waals surface area contributed by atoms with Gasteiger partial charge in [-0.3, -0.25) is 10.1 Å². The van der Waals surface area contributed by atoms with Crippen molar-refractivity contribution in [1.29, 1.82) is 0 Å². The van der Waals surface area contributed by atoms with Gasteiger partial charge >= 0.3 is 10.1 Å². The molecule has 0 radical (unpaired) electrons. The monoisotopic (exact) mass is 393 g/mol. The molecule has 1 fully saturated rings. The van der Waals surface area contributed by atoms with Crippen molar-refractivity contribution in [1.82, 2.24) is 9.97 Å². The Morgan fingerprint density at radius 3 is 2.56 bits per heavy atom. The molecule has 4 rings (SSSR count). The van der Waals surface area contributed by atoms with E-state index < -0.39 is 26.6 Å². The summed E-state index contributed by atoms with van der Waals surface area (Å²) >= 11 is 0. The highest BCUT2D eigenvalue weighted by Crippen LogP contribution is 2.30. The zero-order valence-electron chi connectivity index (χ0n) is 13.7. The van der Waals surface area contributed by atoms with Gasteiger partial charge in [0.15, 0.2) is 4.90 Å². The number of nitrogens with one attached hydrogen (secondary N) is 2. The lowest BCUT2D eigenvalue weighted by molar-refractivity contribution is -0.117. The lowest BCUT2D eigenvalue weighted by Gasteiger charge is -2.08. The van der Waals surface area contributed by atoms with Crippen molar-refractivity contribution in [3.05, 3.63) is 48.0 Å². The number of carbonyl (C=O) groups excluding carboxylic acids is 1. The topological polar surface area (TPSA) is 101 Å². The Morgan fingerprint density at radius 2 is 1.89 bits per heavy atom. The van der Waals surface area contributed by atoms with E-state index in [-0.39, 0.29) is 23.5 Å². The second-order valence-corrected chi connectivity index (χ2v) is 7.60. The first-order chi connectivity index (χ1) is 12.8. The van der Waals surface area contributed by atoms with Crippen LogP contribution in [0.3, 0.4) is 0 Å². The van der Waals surface area contributed by atoms with Crippen LogP contribution >= 0.6 is 0 Å². The first-order valence-electron chi connectivity index (χ1n) is 8.02. The molecule has 0 saturated heterocycles. The van der Waals surface area contributed by atoms with Crippen LogP contribution in [0, 0.1) is 17.6 Å². The third-order valence-corrected chi connectivity index (χ3v) is 5.32. The molecule has 1 saturated carbocycles. The molecule has 1 aliphatic rings. The molecule has 140 valence electrons. The molecule has 0 spiro atoms. The largest absolute Gasteiger partial charge is 0.379 e. The van der Waals surface area contributed by atoms with Gasteiger partial charge in [-0.1, -0.05) is 6.07 Å². The van der Waals surface area contributed by atoms with E-state index in [0.29, 0.717) is 11.0 Å². The summed E-state index contributed by atoms with van der Waals surface area (Å²) in [6, 6.07) is 6.77. The molecule has 2 N–H and O–H groups in total. The smallest absolute Gasteiger partial charge is 0.345 e. The number of rotatable bonds is 5. The van der Waals surface area contributed by atoms with E-state index in [1.165, 1.54) is 18.2 Å². The average molecular weight is 393 g/mol. The summed E-state index contributed by atoms with van der Waals surface area (Å²) < 4.78 is 56.8. The van der Waals surface area contributed by atoms with Crippen LogP contribution in [-0.4, -0.2) is 24.3 Å². The van der Waals surface area contributed by atoms with E-state index in [9.17, 15) is 22.0 Å². The van der Waals surface area contributed by atoms with Gasteiger partial charge in [0.1, 0.15) is 17.4 Å². The van der Waals surface area contributed by atoms with Crippen LogP contribution in [-0.2, 0) is 14.9 Å². The van der Waals surface area contributed by atoms with Crippen LogP contribution in [0.1, 0.15) is 12.8 Å². The molecule has 0 bridgehead atoms. The number of fused-ring (bicyclic) bond motifs is 1. The van der Waals surface area contributed by atoms with E-state index in [4.69, 9.17) is 4.18 Å². The van der Waals surface area contributed by atoms with Crippen LogP contribution in [0.15, 0.2) is 41.3 Å². The molecular weight excluding hydrogens is 380 g/mol. The molecule has 7 nitrogen and oxygen atoms in total. The summed E-state index contributed by atoms with van der Waals surface area (Å²) in [7, 11) is -4.71. The molecule has 3 aromatic rings. The van der Waals surface area contributed by atoms with Crippen LogP contribution < -0.4 is 9.50 Å². The minimum absolute atomic E-state index is 0.00193. The number of aromatic nitrogens is 2. The fraction of sp³-hybridized carbons (Fsp3) is 0.176. The molecule has 0 unspecified atom stereocenters. The third-order valence-electron chi connectivity index (χ3n) is 4.02. The Labute approximate surface area is 152 Å². The van der Waals surface area contributed by atoms with Crippen molar-refractivity contribution < 1.29 is 26.2 Å². The van der Waals surface area contributed by atoms with Crippen LogP contribution in [0.25, 0.3) is 11.0 Å². The second kappa shape index (κ2) is 6.31. The van der Waals surface area contributed by atoms with E-state index in [1.54, 1.807) is 0 Å². The number of aromatic amines is 1. The number of hydrogen-bond donors (Lipinski definition) is 2. The lowest BCUT2D eigenvalue weighted by Crippen LogP contribution is -2.14. The van der Waals surface area contributed by atoms with Gasteiger partial charge in [-0.15, -0.1) is 0 Å². The highest BCUT2D eigenvalue weighted by Gasteiger charge is 2.30. The Morgan fingerprint density at radius 1 is 1.19 bits per heavy atom. The first kappa shape index (κ1) is 17.4. The second-order valence-electron chi connectivity index (χ2n) is 6.12. The number of amides is 1. The number of benzene rings is 2. The molecule has 1 heterocycles. The molecule has 1 aliphatic carbocycles. The van der Waals surface area contributed by atoms with E-state index >= 15 is 0 Å². The summed E-state index contributed by atoms with van der Waals surface area (Å²) in [6.45, 7) is 0. The number of anilines is 1. The standard InChI is InChI=1S/C17H13F2N3O4S/c18-11-2-1-3-12(19)15(11)27(24,25)26-10-6-7-13-14(8-10)21-17(20-13)22-16(23)9-4-5-9/h1-3,6-9H,4-5H2,(H2,20,21,22,23). The number of H-pyrrole nitrogens is 1. The molecule has 10 heteroatoms. The summed E-state index contributed by atoms with van der Waals surface area (Å²) in [5.41, 5.74) is 0.853. The van der Waals surface area contributed by atoms with Crippen LogP contribution in [0.4, 0.5) is 14.7 Å². The number of nitrogens with zero attached hydrogens (tertiary/aromatic N) is 1. The first-order valence-corrected chi connectivity index (χ1v) is 9.43. The minimum atomic E-state index is -4.71. The van der Waals surface area contributed by atoms with Gasteiger partial charge in [-0.2, -0.15) is 8.42 Å². The zero-order valence-corrected chi connectivity index (χ0v) is 14.5. The van der Waals surface area contributed by atoms with Crippen molar-refractivity contribution in [3.63, 3.8) is 0 Å². The Bertz CT molecular complexity index is 1140. The van der Waals surface area contributed by atoms with Crippen molar-refractivity contribution in [2.45, 2.75) is 17.7 Å². The minimum Gasteiger partial charge on any atom is -0.379 e. The van der Waals surface area contributed by atoms with Crippen molar-refractivity contribution >= 4 is 33.0 Å². The van der Waals surface area contributed by atoms with Crippen molar-refractivity contribution in [3.8, 4) is 5.75 Å². The van der Waals surface area contributed by atoms with Gasteiger partial charge in [0.05, 0.1) is 11.0 Å². The number of imidazole rings is 1. The van der Waals surface area contributed by atoms with Gasteiger partial charge in [0, 0.05) is 12.0 Å². The van der Waals surface area contributed by atoms with E-state index in [1.807, 2.05) is 0 Å². The maximum atomic E-state index is 13.7. The van der Waals surface area contributed by atoms with Crippen molar-refractivity contribution in [2.75, 3.05) is 5.32 Å². The van der Waals surface area contributed by atoms with Gasteiger partial charge in [0.2, 0.25) is 11.9 Å². The van der Waals surface area contributed by atoms with Gasteiger partial charge < -0.3 is 9.17 Å². The SMILES string of the molecule is O=C(Nc1nc2ccc(OS(=O)(=O)c3c(F)cccc3F)cc2[nH]1)C1CC1. The average Bonchev–Trinajstić information content (AvgIpc) is 3.35. The van der Waals surface area contributed by atoms with Crippen LogP contribution in [0.5, 0.6) is 5.75 Å². The Hall–Kier alpha value is -3.01. The highest BCUT2D eigenvalue weighted by atomic mass is 32.2. The molecule has 0 aliphatic heterocycles. The third kappa shape index (κ3) is 3.47. The predicted molar refractivity (Wildman–Crippen MR) is 91.6 cm³/mol. The molecular formula is C17H13F2N3O4S. The summed E-state index contributed by atoms with van der Waals surface area (Å²) in [4.78, 5) is 17.6. The number of hydrogen-bond acceptors (Lipinski definition) is 5. The van der Waals surface area contributed by atoms with E-state index in [2.05, 4.69) is 15.3 Å². The molecule has 27 heavy (non-hydrogen) atoms. The highest BCUT2D eigenvalue weighted by molar-refractivity contribution is 7.87. The Kier molecular flexibility index (Phi) is 4.06. The fourth-order valence-corrected chi connectivity index (χ4v) is 3.61. The fourth-order valence-electron chi connectivity index (χ4n) is 2.55. The normalized spacial score (nSPS) is 14.3. The zero-order chi connectivity index (χ0) is 19.2. The predicted octanol–water partition coefficient (Wildman–Crippen LogP) is 2.96. The summed E-state index contributed by atoms with van der Waals surface area (Å²) in [6.07, 6.45) is 1.68. The molecule has 0 atom stereocenters. The van der Waals surface area contributed by atoms with Gasteiger partial charge in [0.25, 0.3) is 0 Å². The van der Waals surface area contributed by atoms with Crippen LogP contribution in [0.2, 0.25) is 0 Å². The Balaban J connectivity index is 1.61. The van der Waals surface area contributed by atoms with E-state index in [0.717, 1.165) is 31.0 Å². The maximum absolute atomic E-state index is 13.7. The lowest BCUT2D eigenvalue weighted by atomic mass is 10.3. The number of halogens is 2. The molecule has 1 aromatic heterocycles. The molecule has 1 amide bonds. The summed E-state index contributed by atoms with van der Waals surface area (Å²) in [5.74, 6) is -2.57. The number of carbonyl (C=O) groups is 1. The van der Waals surface area contributed by atoms with Gasteiger partial charge in [-0.25, -0.2) is 13.8 Å². The quantitative estimate of drug-likeness (QED) is 0.649.